The molecule has 2 rings (SSSR count). The second-order valence-corrected chi connectivity index (χ2v) is 5.05. The van der Waals surface area contributed by atoms with Crippen LogP contribution in [0.2, 0.25) is 0 Å². The molecule has 0 bridgehead atoms. The molecule has 2 nitrogen and oxygen atoms in total. The second-order valence-electron chi connectivity index (χ2n) is 5.05. The van der Waals surface area contributed by atoms with Crippen LogP contribution < -0.4 is 10.6 Å². The van der Waals surface area contributed by atoms with E-state index >= 15 is 0 Å². The van der Waals surface area contributed by atoms with Gasteiger partial charge in [0.25, 0.3) is 0 Å². The van der Waals surface area contributed by atoms with E-state index in [1.165, 1.54) is 17.7 Å². The van der Waals surface area contributed by atoms with Crippen molar-refractivity contribution in [1.29, 1.82) is 0 Å². The molecule has 0 aromatic heterocycles. The van der Waals surface area contributed by atoms with Gasteiger partial charge in [-0.1, -0.05) is 25.1 Å². The van der Waals surface area contributed by atoms with Gasteiger partial charge < -0.3 is 10.6 Å². The molecular formula is C17H20F2N2. The number of rotatable bonds is 5. The smallest absolute Gasteiger partial charge is 0.131 e. The summed E-state index contributed by atoms with van der Waals surface area (Å²) in [6.07, 6.45) is 0.969. The molecule has 4 heteroatoms. The Bertz CT molecular complexity index is 596. The molecule has 1 atom stereocenters. The number of aryl methyl sites for hydroxylation is 1. The fraction of sp³-hybridized carbons (Fsp3) is 0.294. The Morgan fingerprint density at radius 1 is 1.10 bits per heavy atom. The maximum Gasteiger partial charge on any atom is 0.131 e. The topological polar surface area (TPSA) is 29.3 Å². The van der Waals surface area contributed by atoms with E-state index in [1.54, 1.807) is 0 Å². The molecule has 21 heavy (non-hydrogen) atoms. The summed E-state index contributed by atoms with van der Waals surface area (Å²) in [6.45, 7) is 2.34. The molecule has 112 valence electrons. The van der Waals surface area contributed by atoms with Gasteiger partial charge in [-0.05, 0) is 30.2 Å². The monoisotopic (exact) mass is 290 g/mol. The predicted molar refractivity (Wildman–Crippen MR) is 82.4 cm³/mol. The molecule has 0 aliphatic carbocycles. The van der Waals surface area contributed by atoms with Crippen molar-refractivity contribution >= 4 is 5.69 Å². The summed E-state index contributed by atoms with van der Waals surface area (Å²) in [5, 5.41) is 0. The first-order chi connectivity index (χ1) is 10.1. The van der Waals surface area contributed by atoms with Crippen LogP contribution >= 0.6 is 0 Å². The van der Waals surface area contributed by atoms with Gasteiger partial charge in [-0.2, -0.15) is 0 Å². The average molecular weight is 290 g/mol. The zero-order valence-electron chi connectivity index (χ0n) is 12.3. The molecule has 1 unspecified atom stereocenters. The van der Waals surface area contributed by atoms with Gasteiger partial charge >= 0.3 is 0 Å². The number of anilines is 1. The zero-order valence-corrected chi connectivity index (χ0v) is 12.3. The molecule has 0 fully saturated rings. The van der Waals surface area contributed by atoms with Crippen molar-refractivity contribution in [2.45, 2.75) is 19.4 Å². The Labute approximate surface area is 124 Å². The molecule has 0 radical (unpaired) electrons. The van der Waals surface area contributed by atoms with Crippen LogP contribution in [0, 0.1) is 11.6 Å². The van der Waals surface area contributed by atoms with Crippen molar-refractivity contribution in [1.82, 2.24) is 0 Å². The molecule has 2 aromatic carbocycles. The van der Waals surface area contributed by atoms with Gasteiger partial charge in [-0.3, -0.25) is 0 Å². The first kappa shape index (κ1) is 15.4. The third kappa shape index (κ3) is 3.39. The maximum atomic E-state index is 14.0. The van der Waals surface area contributed by atoms with Crippen molar-refractivity contribution in [3.05, 3.63) is 65.2 Å². The third-order valence-electron chi connectivity index (χ3n) is 3.76. The van der Waals surface area contributed by atoms with E-state index in [1.807, 2.05) is 36.2 Å². The van der Waals surface area contributed by atoms with Gasteiger partial charge in [0, 0.05) is 30.9 Å². The summed E-state index contributed by atoms with van der Waals surface area (Å²) >= 11 is 0. The van der Waals surface area contributed by atoms with Gasteiger partial charge in [-0.15, -0.1) is 0 Å². The largest absolute Gasteiger partial charge is 0.366 e. The van der Waals surface area contributed by atoms with Crippen LogP contribution in [-0.2, 0) is 6.42 Å². The Kier molecular flexibility index (Phi) is 4.91. The minimum atomic E-state index is -0.582. The lowest BCUT2D eigenvalue weighted by atomic mass is 10.0. The summed E-state index contributed by atoms with van der Waals surface area (Å²) in [6, 6.07) is 11.3. The Morgan fingerprint density at radius 3 is 2.29 bits per heavy atom. The SMILES string of the molecule is CCc1ccc(N(C)C(CN)c2ccc(F)cc2F)cc1. The summed E-state index contributed by atoms with van der Waals surface area (Å²) in [5.41, 5.74) is 8.40. The number of hydrogen-bond acceptors (Lipinski definition) is 2. The van der Waals surface area contributed by atoms with E-state index in [4.69, 9.17) is 5.73 Å². The molecule has 0 amide bonds. The Morgan fingerprint density at radius 2 is 1.76 bits per heavy atom. The highest BCUT2D eigenvalue weighted by molar-refractivity contribution is 5.49. The first-order valence-corrected chi connectivity index (χ1v) is 7.03. The lowest BCUT2D eigenvalue weighted by molar-refractivity contribution is 0.549. The highest BCUT2D eigenvalue weighted by Crippen LogP contribution is 2.27. The molecular weight excluding hydrogens is 270 g/mol. The average Bonchev–Trinajstić information content (AvgIpc) is 2.50. The fourth-order valence-electron chi connectivity index (χ4n) is 2.41. The predicted octanol–water partition coefficient (Wildman–Crippen LogP) is 3.66. The zero-order chi connectivity index (χ0) is 15.4. The van der Waals surface area contributed by atoms with Crippen molar-refractivity contribution < 1.29 is 8.78 Å². The molecule has 0 saturated heterocycles. The summed E-state index contributed by atoms with van der Waals surface area (Å²) in [4.78, 5) is 1.91. The molecule has 2 aromatic rings. The molecule has 0 spiro atoms. The van der Waals surface area contributed by atoms with E-state index in [0.29, 0.717) is 5.56 Å². The fourth-order valence-corrected chi connectivity index (χ4v) is 2.41. The molecule has 0 aliphatic rings. The molecule has 2 N–H and O–H groups in total. The lowest BCUT2D eigenvalue weighted by Crippen LogP contribution is -2.31. The van der Waals surface area contributed by atoms with E-state index in [0.717, 1.165) is 18.2 Å². The van der Waals surface area contributed by atoms with Crippen molar-refractivity contribution in [3.63, 3.8) is 0 Å². The second kappa shape index (κ2) is 6.68. The number of benzene rings is 2. The minimum absolute atomic E-state index is 0.245. The molecule has 0 aliphatic heterocycles. The molecule has 0 heterocycles. The van der Waals surface area contributed by atoms with E-state index in [-0.39, 0.29) is 12.6 Å². The van der Waals surface area contributed by atoms with Gasteiger partial charge in [0.2, 0.25) is 0 Å². The van der Waals surface area contributed by atoms with Crippen LogP contribution in [0.5, 0.6) is 0 Å². The highest BCUT2D eigenvalue weighted by atomic mass is 19.1. The third-order valence-corrected chi connectivity index (χ3v) is 3.76. The lowest BCUT2D eigenvalue weighted by Gasteiger charge is -2.30. The van der Waals surface area contributed by atoms with E-state index in [2.05, 4.69) is 6.92 Å². The Balaban J connectivity index is 2.30. The number of likely N-dealkylation sites (N-methyl/N-ethyl adjacent to an activating group) is 1. The van der Waals surface area contributed by atoms with E-state index < -0.39 is 11.6 Å². The van der Waals surface area contributed by atoms with Gasteiger partial charge in [0.15, 0.2) is 0 Å². The van der Waals surface area contributed by atoms with Crippen LogP contribution in [0.4, 0.5) is 14.5 Å². The number of nitrogens with zero attached hydrogens (tertiary/aromatic N) is 1. The number of nitrogens with two attached hydrogens (primary N) is 1. The summed E-state index contributed by atoms with van der Waals surface area (Å²) < 4.78 is 27.0. The molecule has 0 saturated carbocycles. The Hall–Kier alpha value is -1.94. The van der Waals surface area contributed by atoms with E-state index in [9.17, 15) is 8.78 Å². The summed E-state index contributed by atoms with van der Waals surface area (Å²) in [7, 11) is 1.86. The van der Waals surface area contributed by atoms with Crippen LogP contribution in [-0.4, -0.2) is 13.6 Å². The minimum Gasteiger partial charge on any atom is -0.366 e. The number of hydrogen-bond donors (Lipinski definition) is 1. The van der Waals surface area contributed by atoms with Gasteiger partial charge in [0.05, 0.1) is 6.04 Å². The summed E-state index contributed by atoms with van der Waals surface area (Å²) in [5.74, 6) is -1.15. The quantitative estimate of drug-likeness (QED) is 0.910. The maximum absolute atomic E-state index is 14.0. The highest BCUT2D eigenvalue weighted by Gasteiger charge is 2.20. The van der Waals surface area contributed by atoms with Crippen LogP contribution in [0.15, 0.2) is 42.5 Å². The first-order valence-electron chi connectivity index (χ1n) is 7.03. The van der Waals surface area contributed by atoms with Crippen molar-refractivity contribution in [2.24, 2.45) is 5.73 Å². The number of halogens is 2. The van der Waals surface area contributed by atoms with Crippen LogP contribution in [0.3, 0.4) is 0 Å². The van der Waals surface area contributed by atoms with Crippen LogP contribution in [0.1, 0.15) is 24.1 Å². The van der Waals surface area contributed by atoms with Gasteiger partial charge in [0.1, 0.15) is 11.6 Å². The van der Waals surface area contributed by atoms with Crippen molar-refractivity contribution in [3.8, 4) is 0 Å². The van der Waals surface area contributed by atoms with Crippen LogP contribution in [0.25, 0.3) is 0 Å². The van der Waals surface area contributed by atoms with Gasteiger partial charge in [-0.25, -0.2) is 8.78 Å². The van der Waals surface area contributed by atoms with Crippen molar-refractivity contribution in [2.75, 3.05) is 18.5 Å². The standard InChI is InChI=1S/C17H20F2N2/c1-3-12-4-7-14(8-5-12)21(2)17(11-20)15-9-6-13(18)10-16(15)19/h4-10,17H,3,11,20H2,1-2H3. The normalized spacial score (nSPS) is 12.2.